The lowest BCUT2D eigenvalue weighted by Crippen LogP contribution is -2.32. The van der Waals surface area contributed by atoms with Crippen LogP contribution in [0.3, 0.4) is 0 Å². The van der Waals surface area contributed by atoms with E-state index in [0.29, 0.717) is 25.1 Å². The van der Waals surface area contributed by atoms with Crippen LogP contribution in [0.5, 0.6) is 5.75 Å². The summed E-state index contributed by atoms with van der Waals surface area (Å²) >= 11 is 0. The average Bonchev–Trinajstić information content (AvgIpc) is 2.53. The minimum absolute atomic E-state index is 0.0612. The molecule has 0 aromatic carbocycles. The van der Waals surface area contributed by atoms with Gasteiger partial charge in [0.25, 0.3) is 0 Å². The summed E-state index contributed by atoms with van der Waals surface area (Å²) < 4.78 is 32.0. The molecule has 1 aromatic rings. The van der Waals surface area contributed by atoms with E-state index in [0.717, 1.165) is 12.8 Å². The summed E-state index contributed by atoms with van der Waals surface area (Å²) in [4.78, 5) is 14.8. The van der Waals surface area contributed by atoms with Gasteiger partial charge in [0.15, 0.2) is 0 Å². The molecular formula is C14H20N2O5S. The fraction of sp³-hybridized carbons (Fsp3) is 0.571. The highest BCUT2D eigenvalue weighted by atomic mass is 32.2. The molecule has 0 aliphatic heterocycles. The van der Waals surface area contributed by atoms with E-state index in [1.165, 1.54) is 25.6 Å². The van der Waals surface area contributed by atoms with Crippen LogP contribution in [0.4, 0.5) is 0 Å². The molecule has 0 bridgehead atoms. The van der Waals surface area contributed by atoms with E-state index in [-0.39, 0.29) is 16.7 Å². The van der Waals surface area contributed by atoms with Crippen molar-refractivity contribution in [2.75, 3.05) is 13.7 Å². The molecule has 1 aromatic heterocycles. The second-order valence-electron chi connectivity index (χ2n) is 5.47. The maximum absolute atomic E-state index is 12.2. The monoisotopic (exact) mass is 328 g/mol. The highest BCUT2D eigenvalue weighted by Crippen LogP contribution is 2.28. The van der Waals surface area contributed by atoms with Gasteiger partial charge < -0.3 is 9.84 Å². The quantitative estimate of drug-likeness (QED) is 0.814. The highest BCUT2D eigenvalue weighted by molar-refractivity contribution is 7.89. The van der Waals surface area contributed by atoms with Crippen LogP contribution in [-0.4, -0.2) is 38.1 Å². The molecule has 2 N–H and O–H groups in total. The number of carboxylic acids is 1. The molecule has 1 aliphatic carbocycles. The Kier molecular flexibility index (Phi) is 5.36. The Morgan fingerprint density at radius 1 is 1.36 bits per heavy atom. The van der Waals surface area contributed by atoms with Gasteiger partial charge in [-0.25, -0.2) is 13.1 Å². The number of aromatic nitrogens is 1. The molecule has 0 saturated heterocycles. The lowest BCUT2D eigenvalue weighted by atomic mass is 9.82. The molecular weight excluding hydrogens is 308 g/mol. The summed E-state index contributed by atoms with van der Waals surface area (Å²) in [5, 5.41) is 8.95. The number of aliphatic carboxylic acids is 1. The third kappa shape index (κ3) is 4.17. The minimum atomic E-state index is -3.63. The number of hydrogen-bond donors (Lipinski definition) is 2. The molecule has 0 unspecified atom stereocenters. The second-order valence-corrected chi connectivity index (χ2v) is 7.24. The normalized spacial score (nSPS) is 22.2. The largest absolute Gasteiger partial charge is 0.495 e. The summed E-state index contributed by atoms with van der Waals surface area (Å²) in [6.07, 6.45) is 5.34. The van der Waals surface area contributed by atoms with Crippen molar-refractivity contribution in [1.82, 2.24) is 9.71 Å². The van der Waals surface area contributed by atoms with E-state index < -0.39 is 16.0 Å². The van der Waals surface area contributed by atoms with Gasteiger partial charge in [-0.1, -0.05) is 0 Å². The average molecular weight is 328 g/mol. The molecule has 0 spiro atoms. The zero-order valence-corrected chi connectivity index (χ0v) is 13.2. The predicted molar refractivity (Wildman–Crippen MR) is 79.1 cm³/mol. The Labute approximate surface area is 129 Å². The number of rotatable bonds is 6. The van der Waals surface area contributed by atoms with E-state index >= 15 is 0 Å². The van der Waals surface area contributed by atoms with Gasteiger partial charge in [-0.15, -0.1) is 0 Å². The molecule has 1 heterocycles. The molecule has 122 valence electrons. The van der Waals surface area contributed by atoms with Gasteiger partial charge in [-0.3, -0.25) is 9.78 Å². The number of sulfonamides is 1. The summed E-state index contributed by atoms with van der Waals surface area (Å²) in [5.74, 6) is -0.509. The molecule has 1 aliphatic rings. The molecule has 7 nitrogen and oxygen atoms in total. The predicted octanol–water partition coefficient (Wildman–Crippen LogP) is 1.26. The van der Waals surface area contributed by atoms with Crippen LogP contribution in [0.2, 0.25) is 0 Å². The zero-order chi connectivity index (χ0) is 16.2. The fourth-order valence-electron chi connectivity index (χ4n) is 2.58. The Hall–Kier alpha value is -1.67. The van der Waals surface area contributed by atoms with Crippen molar-refractivity contribution in [3.8, 4) is 5.75 Å². The van der Waals surface area contributed by atoms with Crippen LogP contribution in [0.25, 0.3) is 0 Å². The molecule has 0 radical (unpaired) electrons. The van der Waals surface area contributed by atoms with Gasteiger partial charge >= 0.3 is 5.97 Å². The van der Waals surface area contributed by atoms with Gasteiger partial charge in [0.2, 0.25) is 10.0 Å². The SMILES string of the molecule is COc1cncc(S(=O)(=O)NCC2CCC(C(=O)O)CC2)c1. The Morgan fingerprint density at radius 2 is 2.05 bits per heavy atom. The van der Waals surface area contributed by atoms with Crippen LogP contribution in [-0.2, 0) is 14.8 Å². The van der Waals surface area contributed by atoms with Crippen molar-refractivity contribution in [2.24, 2.45) is 11.8 Å². The van der Waals surface area contributed by atoms with Crippen molar-refractivity contribution in [3.63, 3.8) is 0 Å². The maximum Gasteiger partial charge on any atom is 0.306 e. The van der Waals surface area contributed by atoms with Gasteiger partial charge in [-0.2, -0.15) is 0 Å². The third-order valence-electron chi connectivity index (χ3n) is 3.99. The summed E-state index contributed by atoms with van der Waals surface area (Å²) in [6, 6.07) is 1.41. The van der Waals surface area contributed by atoms with E-state index in [1.54, 1.807) is 0 Å². The van der Waals surface area contributed by atoms with Crippen LogP contribution in [0.1, 0.15) is 25.7 Å². The van der Waals surface area contributed by atoms with Crippen LogP contribution < -0.4 is 9.46 Å². The van der Waals surface area contributed by atoms with Gasteiger partial charge in [0.05, 0.1) is 19.2 Å². The second kappa shape index (κ2) is 7.06. The number of nitrogens with one attached hydrogen (secondary N) is 1. The number of methoxy groups -OCH3 is 1. The number of carbonyl (C=O) groups is 1. The first-order valence-corrected chi connectivity index (χ1v) is 8.62. The van der Waals surface area contributed by atoms with Crippen LogP contribution in [0.15, 0.2) is 23.4 Å². The first kappa shape index (κ1) is 16.7. The van der Waals surface area contributed by atoms with Crippen molar-refractivity contribution < 1.29 is 23.1 Å². The number of pyridine rings is 1. The molecule has 0 amide bonds. The standard InChI is InChI=1S/C14H20N2O5S/c1-21-12-6-13(9-15-8-12)22(19,20)16-7-10-2-4-11(5-3-10)14(17)18/h6,8-11,16H,2-5,7H2,1H3,(H,17,18). The summed E-state index contributed by atoms with van der Waals surface area (Å²) in [6.45, 7) is 0.311. The number of carboxylic acid groups (broad SMARTS) is 1. The lowest BCUT2D eigenvalue weighted by molar-refractivity contribution is -0.143. The van der Waals surface area contributed by atoms with Gasteiger partial charge in [-0.05, 0) is 31.6 Å². The van der Waals surface area contributed by atoms with E-state index in [4.69, 9.17) is 9.84 Å². The molecule has 0 atom stereocenters. The number of ether oxygens (including phenoxy) is 1. The molecule has 22 heavy (non-hydrogen) atoms. The minimum Gasteiger partial charge on any atom is -0.495 e. The van der Waals surface area contributed by atoms with Crippen LogP contribution >= 0.6 is 0 Å². The molecule has 1 fully saturated rings. The van der Waals surface area contributed by atoms with E-state index in [2.05, 4.69) is 9.71 Å². The highest BCUT2D eigenvalue weighted by Gasteiger charge is 2.27. The Morgan fingerprint density at radius 3 is 2.64 bits per heavy atom. The van der Waals surface area contributed by atoms with Crippen molar-refractivity contribution >= 4 is 16.0 Å². The molecule has 2 rings (SSSR count). The molecule has 8 heteroatoms. The Bertz CT molecular complexity index is 624. The number of hydrogen-bond acceptors (Lipinski definition) is 5. The maximum atomic E-state index is 12.2. The first-order valence-electron chi connectivity index (χ1n) is 7.14. The Balaban J connectivity index is 1.92. The van der Waals surface area contributed by atoms with E-state index in [9.17, 15) is 13.2 Å². The number of nitrogens with zero attached hydrogens (tertiary/aromatic N) is 1. The van der Waals surface area contributed by atoms with Gasteiger partial charge in [0.1, 0.15) is 10.6 Å². The van der Waals surface area contributed by atoms with E-state index in [1.807, 2.05) is 0 Å². The third-order valence-corrected chi connectivity index (χ3v) is 5.38. The molecule has 1 saturated carbocycles. The van der Waals surface area contributed by atoms with Gasteiger partial charge in [0, 0.05) is 18.8 Å². The zero-order valence-electron chi connectivity index (χ0n) is 12.4. The first-order chi connectivity index (χ1) is 10.4. The van der Waals surface area contributed by atoms with Crippen molar-refractivity contribution in [3.05, 3.63) is 18.5 Å². The lowest BCUT2D eigenvalue weighted by Gasteiger charge is -2.26. The van der Waals surface area contributed by atoms with Crippen LogP contribution in [0, 0.1) is 11.8 Å². The topological polar surface area (TPSA) is 106 Å². The summed E-state index contributed by atoms with van der Waals surface area (Å²) in [5.41, 5.74) is 0. The van der Waals surface area contributed by atoms with Crippen molar-refractivity contribution in [2.45, 2.75) is 30.6 Å². The fourth-order valence-corrected chi connectivity index (χ4v) is 3.67. The summed E-state index contributed by atoms with van der Waals surface area (Å²) in [7, 11) is -2.18. The smallest absolute Gasteiger partial charge is 0.306 e. The van der Waals surface area contributed by atoms with Crippen molar-refractivity contribution in [1.29, 1.82) is 0 Å².